The SMILES string of the molecule is Cc1cc2c(cc1C)C(C(=O)NCC1(C(=O)O)CCOCC1)CO2. The zero-order valence-corrected chi connectivity index (χ0v) is 14.1. The van der Waals surface area contributed by atoms with Crippen LogP contribution in [-0.2, 0) is 14.3 Å². The summed E-state index contributed by atoms with van der Waals surface area (Å²) < 4.78 is 10.9. The van der Waals surface area contributed by atoms with Gasteiger partial charge < -0.3 is 19.9 Å². The quantitative estimate of drug-likeness (QED) is 0.877. The van der Waals surface area contributed by atoms with Gasteiger partial charge in [-0.25, -0.2) is 0 Å². The van der Waals surface area contributed by atoms with Crippen LogP contribution in [0, 0.1) is 19.3 Å². The van der Waals surface area contributed by atoms with E-state index in [2.05, 4.69) is 5.32 Å². The van der Waals surface area contributed by atoms with E-state index in [4.69, 9.17) is 9.47 Å². The molecule has 1 saturated heterocycles. The first-order valence-electron chi connectivity index (χ1n) is 8.26. The molecule has 1 atom stereocenters. The molecule has 0 aromatic heterocycles. The van der Waals surface area contributed by atoms with Crippen molar-refractivity contribution in [3.8, 4) is 5.75 Å². The van der Waals surface area contributed by atoms with Crippen molar-refractivity contribution < 1.29 is 24.2 Å². The third-order valence-electron chi connectivity index (χ3n) is 5.23. The molecule has 0 aliphatic carbocycles. The van der Waals surface area contributed by atoms with Crippen molar-refractivity contribution in [3.05, 3.63) is 28.8 Å². The minimum Gasteiger partial charge on any atom is -0.492 e. The summed E-state index contributed by atoms with van der Waals surface area (Å²) >= 11 is 0. The Bertz CT molecular complexity index is 664. The lowest BCUT2D eigenvalue weighted by molar-refractivity contribution is -0.154. The van der Waals surface area contributed by atoms with Crippen LogP contribution < -0.4 is 10.1 Å². The van der Waals surface area contributed by atoms with Crippen LogP contribution in [0.1, 0.15) is 35.4 Å². The van der Waals surface area contributed by atoms with Crippen molar-refractivity contribution >= 4 is 11.9 Å². The van der Waals surface area contributed by atoms with E-state index in [1.54, 1.807) is 0 Å². The Morgan fingerprint density at radius 3 is 2.58 bits per heavy atom. The summed E-state index contributed by atoms with van der Waals surface area (Å²) in [6, 6.07) is 3.94. The van der Waals surface area contributed by atoms with Gasteiger partial charge in [-0.15, -0.1) is 0 Å². The number of ether oxygens (including phenoxy) is 2. The van der Waals surface area contributed by atoms with Crippen LogP contribution in [0.5, 0.6) is 5.75 Å². The molecule has 2 aliphatic heterocycles. The number of carboxylic acids is 1. The second-order valence-corrected chi connectivity index (χ2v) is 6.75. The zero-order valence-electron chi connectivity index (χ0n) is 14.1. The molecule has 6 heteroatoms. The van der Waals surface area contributed by atoms with E-state index < -0.39 is 11.4 Å². The van der Waals surface area contributed by atoms with Crippen molar-refractivity contribution in [2.24, 2.45) is 5.41 Å². The summed E-state index contributed by atoms with van der Waals surface area (Å²) in [6.07, 6.45) is 0.831. The van der Waals surface area contributed by atoms with Crippen LogP contribution >= 0.6 is 0 Å². The first-order chi connectivity index (χ1) is 11.4. The first-order valence-corrected chi connectivity index (χ1v) is 8.26. The Morgan fingerprint density at radius 1 is 1.25 bits per heavy atom. The maximum absolute atomic E-state index is 12.6. The summed E-state index contributed by atoms with van der Waals surface area (Å²) in [4.78, 5) is 24.3. The molecule has 3 rings (SSSR count). The Labute approximate surface area is 141 Å². The van der Waals surface area contributed by atoms with Crippen LogP contribution in [0.3, 0.4) is 0 Å². The Kier molecular flexibility index (Phi) is 4.49. The average molecular weight is 333 g/mol. The van der Waals surface area contributed by atoms with Gasteiger partial charge in [0.1, 0.15) is 18.3 Å². The number of fused-ring (bicyclic) bond motifs is 1. The highest BCUT2D eigenvalue weighted by Crippen LogP contribution is 2.36. The normalized spacial score (nSPS) is 21.7. The van der Waals surface area contributed by atoms with E-state index in [1.165, 1.54) is 0 Å². The molecule has 130 valence electrons. The predicted octanol–water partition coefficient (Wildman–Crippen LogP) is 1.78. The number of carbonyl (C=O) groups is 2. The topological polar surface area (TPSA) is 84.9 Å². The molecule has 1 aromatic rings. The number of aliphatic carboxylic acids is 1. The number of hydrogen-bond donors (Lipinski definition) is 2. The second kappa shape index (κ2) is 6.43. The smallest absolute Gasteiger partial charge is 0.311 e. The molecule has 0 spiro atoms. The van der Waals surface area contributed by atoms with Gasteiger partial charge >= 0.3 is 5.97 Å². The summed E-state index contributed by atoms with van der Waals surface area (Å²) in [7, 11) is 0. The minimum atomic E-state index is -0.931. The largest absolute Gasteiger partial charge is 0.492 e. The number of carbonyl (C=O) groups excluding carboxylic acids is 1. The van der Waals surface area contributed by atoms with Gasteiger partial charge in [0.2, 0.25) is 5.91 Å². The van der Waals surface area contributed by atoms with Gasteiger partial charge in [-0.05, 0) is 43.9 Å². The van der Waals surface area contributed by atoms with E-state index in [1.807, 2.05) is 26.0 Å². The molecule has 1 unspecified atom stereocenters. The van der Waals surface area contributed by atoms with E-state index >= 15 is 0 Å². The molecule has 0 bridgehead atoms. The second-order valence-electron chi connectivity index (χ2n) is 6.75. The molecule has 2 aliphatic rings. The van der Waals surface area contributed by atoms with Crippen molar-refractivity contribution in [1.29, 1.82) is 0 Å². The van der Waals surface area contributed by atoms with E-state index in [0.29, 0.717) is 32.7 Å². The fourth-order valence-electron chi connectivity index (χ4n) is 3.30. The molecule has 2 heterocycles. The van der Waals surface area contributed by atoms with E-state index in [0.717, 1.165) is 22.4 Å². The average Bonchev–Trinajstić information content (AvgIpc) is 2.96. The molecule has 24 heavy (non-hydrogen) atoms. The summed E-state index contributed by atoms with van der Waals surface area (Å²) in [5.41, 5.74) is 2.19. The molecule has 0 saturated carbocycles. The number of aryl methyl sites for hydroxylation is 2. The lowest BCUT2D eigenvalue weighted by atomic mass is 9.80. The van der Waals surface area contributed by atoms with Crippen LogP contribution in [-0.4, -0.2) is 43.3 Å². The maximum atomic E-state index is 12.6. The molecular weight excluding hydrogens is 310 g/mol. The molecule has 0 radical (unpaired) electrons. The van der Waals surface area contributed by atoms with Gasteiger partial charge in [-0.3, -0.25) is 9.59 Å². The maximum Gasteiger partial charge on any atom is 0.311 e. The molecule has 2 N–H and O–H groups in total. The molecule has 1 aromatic carbocycles. The highest BCUT2D eigenvalue weighted by molar-refractivity contribution is 5.86. The van der Waals surface area contributed by atoms with Gasteiger partial charge in [-0.1, -0.05) is 6.07 Å². The van der Waals surface area contributed by atoms with Crippen molar-refractivity contribution in [1.82, 2.24) is 5.32 Å². The Hall–Kier alpha value is -2.08. The van der Waals surface area contributed by atoms with Crippen LogP contribution in [0.2, 0.25) is 0 Å². The van der Waals surface area contributed by atoms with E-state index in [-0.39, 0.29) is 18.4 Å². The lowest BCUT2D eigenvalue weighted by Gasteiger charge is -2.33. The third-order valence-corrected chi connectivity index (χ3v) is 5.23. The van der Waals surface area contributed by atoms with Crippen molar-refractivity contribution in [2.75, 3.05) is 26.4 Å². The van der Waals surface area contributed by atoms with E-state index in [9.17, 15) is 14.7 Å². The van der Waals surface area contributed by atoms with Crippen molar-refractivity contribution in [2.45, 2.75) is 32.6 Å². The van der Waals surface area contributed by atoms with Gasteiger partial charge in [0.05, 0.1) is 5.41 Å². The minimum absolute atomic E-state index is 0.126. The fraction of sp³-hybridized carbons (Fsp3) is 0.556. The number of rotatable bonds is 4. The molecule has 1 amide bonds. The predicted molar refractivity (Wildman–Crippen MR) is 87.3 cm³/mol. The first kappa shape index (κ1) is 16.8. The van der Waals surface area contributed by atoms with Gasteiger partial charge in [0.15, 0.2) is 0 Å². The number of hydrogen-bond acceptors (Lipinski definition) is 4. The highest BCUT2D eigenvalue weighted by Gasteiger charge is 2.41. The molecule has 1 fully saturated rings. The third kappa shape index (κ3) is 2.98. The van der Waals surface area contributed by atoms with Crippen molar-refractivity contribution in [3.63, 3.8) is 0 Å². The number of benzene rings is 1. The Morgan fingerprint density at radius 2 is 1.92 bits per heavy atom. The monoisotopic (exact) mass is 333 g/mol. The van der Waals surface area contributed by atoms with Crippen LogP contribution in [0.4, 0.5) is 0 Å². The van der Waals surface area contributed by atoms with Crippen LogP contribution in [0.25, 0.3) is 0 Å². The highest BCUT2D eigenvalue weighted by atomic mass is 16.5. The standard InChI is InChI=1S/C18H23NO5/c1-11-7-13-14(9-24-15(13)8-12(11)2)16(20)19-10-18(17(21)22)3-5-23-6-4-18/h7-8,14H,3-6,9-10H2,1-2H3,(H,19,20)(H,21,22). The summed E-state index contributed by atoms with van der Waals surface area (Å²) in [6.45, 7) is 5.26. The van der Waals surface area contributed by atoms with Gasteiger partial charge in [-0.2, -0.15) is 0 Å². The van der Waals surface area contributed by atoms with Gasteiger partial charge in [0, 0.05) is 25.3 Å². The van der Waals surface area contributed by atoms with Crippen LogP contribution in [0.15, 0.2) is 12.1 Å². The number of amides is 1. The summed E-state index contributed by atoms with van der Waals surface area (Å²) in [5, 5.41) is 12.4. The molecular formula is C18H23NO5. The fourth-order valence-corrected chi connectivity index (χ4v) is 3.30. The van der Waals surface area contributed by atoms with Gasteiger partial charge in [0.25, 0.3) is 0 Å². The lowest BCUT2D eigenvalue weighted by Crippen LogP contribution is -2.47. The number of nitrogens with one attached hydrogen (secondary N) is 1. The zero-order chi connectivity index (χ0) is 17.3. The number of carboxylic acid groups (broad SMARTS) is 1. The summed E-state index contributed by atoms with van der Waals surface area (Å²) in [5.74, 6) is -0.688. The molecule has 6 nitrogen and oxygen atoms in total. The Balaban J connectivity index is 1.71.